The zero-order chi connectivity index (χ0) is 13.7. The number of amides is 1. The first-order valence-electron chi connectivity index (χ1n) is 6.38. The van der Waals surface area contributed by atoms with Crippen LogP contribution in [0, 0.1) is 6.92 Å². The van der Waals surface area contributed by atoms with Crippen molar-refractivity contribution >= 4 is 5.91 Å². The molecule has 2 heterocycles. The Bertz CT molecular complexity index is 439. The second-order valence-electron chi connectivity index (χ2n) is 4.50. The number of morpholine rings is 1. The van der Waals surface area contributed by atoms with Crippen LogP contribution in [0.3, 0.4) is 0 Å². The fourth-order valence-electron chi connectivity index (χ4n) is 2.00. The number of rotatable bonds is 4. The van der Waals surface area contributed by atoms with Gasteiger partial charge in [0.05, 0.1) is 26.2 Å². The molecule has 0 saturated carbocycles. The molecule has 1 aromatic rings. The molecule has 0 radical (unpaired) electrons. The van der Waals surface area contributed by atoms with Crippen LogP contribution in [0.2, 0.25) is 0 Å². The minimum absolute atomic E-state index is 0.0859. The first-order chi connectivity index (χ1) is 9.20. The SMILES string of the molecule is COCCC(=O)N1CCO[C@H](c2nccc(C)n2)C1. The van der Waals surface area contributed by atoms with Crippen LogP contribution >= 0.6 is 0 Å². The number of ether oxygens (including phenoxy) is 2. The third-order valence-corrected chi connectivity index (χ3v) is 3.04. The Morgan fingerprint density at radius 1 is 1.63 bits per heavy atom. The lowest BCUT2D eigenvalue weighted by Gasteiger charge is -2.32. The van der Waals surface area contributed by atoms with Crippen LogP contribution in [0.4, 0.5) is 0 Å². The van der Waals surface area contributed by atoms with Crippen molar-refractivity contribution in [1.82, 2.24) is 14.9 Å². The zero-order valence-electron chi connectivity index (χ0n) is 11.3. The Morgan fingerprint density at radius 3 is 3.21 bits per heavy atom. The van der Waals surface area contributed by atoms with Gasteiger partial charge in [-0.3, -0.25) is 4.79 Å². The van der Waals surface area contributed by atoms with Gasteiger partial charge in [0.25, 0.3) is 0 Å². The molecule has 0 bridgehead atoms. The number of methoxy groups -OCH3 is 1. The van der Waals surface area contributed by atoms with Crippen molar-refractivity contribution in [3.63, 3.8) is 0 Å². The Balaban J connectivity index is 1.99. The minimum atomic E-state index is -0.236. The number of hydrogen-bond donors (Lipinski definition) is 0. The zero-order valence-corrected chi connectivity index (χ0v) is 11.3. The maximum atomic E-state index is 12.0. The highest BCUT2D eigenvalue weighted by Crippen LogP contribution is 2.19. The van der Waals surface area contributed by atoms with E-state index in [9.17, 15) is 4.79 Å². The first kappa shape index (κ1) is 13.9. The van der Waals surface area contributed by atoms with Crippen molar-refractivity contribution in [1.29, 1.82) is 0 Å². The fraction of sp³-hybridized carbons (Fsp3) is 0.615. The third-order valence-electron chi connectivity index (χ3n) is 3.04. The average molecular weight is 265 g/mol. The molecule has 1 aromatic heterocycles. The summed E-state index contributed by atoms with van der Waals surface area (Å²) < 4.78 is 10.6. The van der Waals surface area contributed by atoms with E-state index in [2.05, 4.69) is 9.97 Å². The molecule has 1 saturated heterocycles. The molecule has 104 valence electrons. The maximum absolute atomic E-state index is 12.0. The van der Waals surface area contributed by atoms with Gasteiger partial charge in [0, 0.05) is 25.5 Å². The Hall–Kier alpha value is -1.53. The monoisotopic (exact) mass is 265 g/mol. The number of aryl methyl sites for hydroxylation is 1. The molecule has 0 aromatic carbocycles. The van der Waals surface area contributed by atoms with Crippen molar-refractivity contribution in [3.05, 3.63) is 23.8 Å². The van der Waals surface area contributed by atoms with E-state index in [4.69, 9.17) is 9.47 Å². The van der Waals surface area contributed by atoms with Gasteiger partial charge < -0.3 is 14.4 Å². The third kappa shape index (κ3) is 3.71. The lowest BCUT2D eigenvalue weighted by atomic mass is 10.2. The normalized spacial score (nSPS) is 19.5. The van der Waals surface area contributed by atoms with E-state index >= 15 is 0 Å². The number of carbonyl (C=O) groups excluding carboxylic acids is 1. The summed E-state index contributed by atoms with van der Waals surface area (Å²) in [5.74, 6) is 0.729. The molecule has 6 heteroatoms. The summed E-state index contributed by atoms with van der Waals surface area (Å²) in [6, 6.07) is 1.84. The topological polar surface area (TPSA) is 64.5 Å². The predicted molar refractivity (Wildman–Crippen MR) is 68.5 cm³/mol. The second kappa shape index (κ2) is 6.58. The molecule has 19 heavy (non-hydrogen) atoms. The van der Waals surface area contributed by atoms with E-state index < -0.39 is 0 Å². The summed E-state index contributed by atoms with van der Waals surface area (Å²) in [5.41, 5.74) is 0.899. The van der Waals surface area contributed by atoms with Gasteiger partial charge in [-0.1, -0.05) is 0 Å². The quantitative estimate of drug-likeness (QED) is 0.802. The van der Waals surface area contributed by atoms with Crippen LogP contribution in [0.1, 0.15) is 24.0 Å². The van der Waals surface area contributed by atoms with Crippen LogP contribution in [-0.2, 0) is 14.3 Å². The molecule has 1 amide bonds. The maximum Gasteiger partial charge on any atom is 0.225 e. The molecule has 0 N–H and O–H groups in total. The Morgan fingerprint density at radius 2 is 2.47 bits per heavy atom. The highest BCUT2D eigenvalue weighted by molar-refractivity contribution is 5.76. The number of carbonyl (C=O) groups is 1. The van der Waals surface area contributed by atoms with Crippen LogP contribution in [-0.4, -0.2) is 54.2 Å². The van der Waals surface area contributed by atoms with E-state index in [1.54, 1.807) is 18.2 Å². The Kier molecular flexibility index (Phi) is 4.81. The highest BCUT2D eigenvalue weighted by Gasteiger charge is 2.26. The lowest BCUT2D eigenvalue weighted by molar-refractivity contribution is -0.140. The Labute approximate surface area is 112 Å². The molecule has 2 rings (SSSR count). The summed E-state index contributed by atoms with van der Waals surface area (Å²) in [6.45, 7) is 3.99. The van der Waals surface area contributed by atoms with Gasteiger partial charge in [0.1, 0.15) is 6.10 Å². The van der Waals surface area contributed by atoms with Crippen LogP contribution in [0.15, 0.2) is 12.3 Å². The number of hydrogen-bond acceptors (Lipinski definition) is 5. The average Bonchev–Trinajstić information content (AvgIpc) is 2.45. The van der Waals surface area contributed by atoms with Crippen molar-refractivity contribution < 1.29 is 14.3 Å². The van der Waals surface area contributed by atoms with Crippen LogP contribution in [0.25, 0.3) is 0 Å². The fourth-order valence-corrected chi connectivity index (χ4v) is 2.00. The van der Waals surface area contributed by atoms with Gasteiger partial charge in [-0.25, -0.2) is 9.97 Å². The summed E-state index contributed by atoms with van der Waals surface area (Å²) in [7, 11) is 1.59. The smallest absolute Gasteiger partial charge is 0.225 e. The van der Waals surface area contributed by atoms with E-state index in [0.29, 0.717) is 38.5 Å². The highest BCUT2D eigenvalue weighted by atomic mass is 16.5. The van der Waals surface area contributed by atoms with E-state index in [1.807, 2.05) is 13.0 Å². The van der Waals surface area contributed by atoms with Crippen molar-refractivity contribution in [2.24, 2.45) is 0 Å². The van der Waals surface area contributed by atoms with E-state index in [0.717, 1.165) is 5.69 Å². The van der Waals surface area contributed by atoms with Gasteiger partial charge in [-0.15, -0.1) is 0 Å². The number of nitrogens with zero attached hydrogens (tertiary/aromatic N) is 3. The summed E-state index contributed by atoms with van der Waals surface area (Å²) >= 11 is 0. The standard InChI is InChI=1S/C13H19N3O3/c1-10-3-5-14-13(15-10)11-9-16(6-8-19-11)12(17)4-7-18-2/h3,5,11H,4,6-9H2,1-2H3/t11-/m0/s1. The molecule has 0 spiro atoms. The molecule has 1 aliphatic rings. The lowest BCUT2D eigenvalue weighted by Crippen LogP contribution is -2.43. The van der Waals surface area contributed by atoms with Gasteiger partial charge in [-0.05, 0) is 13.0 Å². The molecule has 1 atom stereocenters. The molecule has 0 unspecified atom stereocenters. The summed E-state index contributed by atoms with van der Waals surface area (Å²) in [5, 5.41) is 0. The largest absolute Gasteiger partial charge is 0.384 e. The molecule has 6 nitrogen and oxygen atoms in total. The molecular formula is C13H19N3O3. The minimum Gasteiger partial charge on any atom is -0.384 e. The first-order valence-corrected chi connectivity index (χ1v) is 6.38. The molecular weight excluding hydrogens is 246 g/mol. The van der Waals surface area contributed by atoms with Gasteiger partial charge in [0.15, 0.2) is 5.82 Å². The second-order valence-corrected chi connectivity index (χ2v) is 4.50. The van der Waals surface area contributed by atoms with Gasteiger partial charge >= 0.3 is 0 Å². The van der Waals surface area contributed by atoms with Crippen LogP contribution < -0.4 is 0 Å². The van der Waals surface area contributed by atoms with Crippen molar-refractivity contribution in [2.75, 3.05) is 33.4 Å². The van der Waals surface area contributed by atoms with Gasteiger partial charge in [-0.2, -0.15) is 0 Å². The van der Waals surface area contributed by atoms with E-state index in [-0.39, 0.29) is 12.0 Å². The van der Waals surface area contributed by atoms with Gasteiger partial charge in [0.2, 0.25) is 5.91 Å². The van der Waals surface area contributed by atoms with E-state index in [1.165, 1.54) is 0 Å². The molecule has 1 fully saturated rings. The van der Waals surface area contributed by atoms with Crippen LogP contribution in [0.5, 0.6) is 0 Å². The van der Waals surface area contributed by atoms with Crippen molar-refractivity contribution in [2.45, 2.75) is 19.4 Å². The summed E-state index contributed by atoms with van der Waals surface area (Å²) in [4.78, 5) is 22.3. The predicted octanol–water partition coefficient (Wildman–Crippen LogP) is 0.721. The molecule has 0 aliphatic carbocycles. The number of aromatic nitrogens is 2. The van der Waals surface area contributed by atoms with Crippen molar-refractivity contribution in [3.8, 4) is 0 Å². The summed E-state index contributed by atoms with van der Waals surface area (Å²) in [6.07, 6.45) is 1.88. The molecule has 1 aliphatic heterocycles.